The standard InChI is InChI=1S/C9H23N3O2Si2/c1-15(2,3)13-8-9(7-11-12-10)14-16(4,5)6/h9H,7-8H2,1-6H3. The van der Waals surface area contributed by atoms with Crippen molar-refractivity contribution >= 4 is 16.6 Å². The minimum atomic E-state index is -1.61. The third-order valence-electron chi connectivity index (χ3n) is 1.57. The molecule has 16 heavy (non-hydrogen) atoms. The molecule has 0 fully saturated rings. The molecule has 0 aliphatic heterocycles. The Bertz CT molecular complexity index is 254. The van der Waals surface area contributed by atoms with Gasteiger partial charge in [-0.15, -0.1) is 0 Å². The zero-order chi connectivity index (χ0) is 12.8. The van der Waals surface area contributed by atoms with Crippen molar-refractivity contribution in [2.45, 2.75) is 45.4 Å². The number of azide groups is 1. The second-order valence-electron chi connectivity index (χ2n) is 5.69. The maximum Gasteiger partial charge on any atom is 0.184 e. The van der Waals surface area contributed by atoms with Gasteiger partial charge in [-0.1, -0.05) is 5.11 Å². The van der Waals surface area contributed by atoms with Crippen LogP contribution in [0.15, 0.2) is 5.11 Å². The molecule has 0 aromatic heterocycles. The van der Waals surface area contributed by atoms with Crippen molar-refractivity contribution in [1.82, 2.24) is 0 Å². The molecular formula is C9H23N3O2Si2. The summed E-state index contributed by atoms with van der Waals surface area (Å²) in [5.41, 5.74) is 8.32. The van der Waals surface area contributed by atoms with E-state index in [1.54, 1.807) is 0 Å². The van der Waals surface area contributed by atoms with Crippen molar-refractivity contribution in [3.8, 4) is 0 Å². The van der Waals surface area contributed by atoms with Crippen LogP contribution in [0.25, 0.3) is 10.4 Å². The number of hydrogen-bond acceptors (Lipinski definition) is 3. The number of hydrogen-bond donors (Lipinski definition) is 0. The fraction of sp³-hybridized carbons (Fsp3) is 1.00. The van der Waals surface area contributed by atoms with E-state index in [9.17, 15) is 0 Å². The van der Waals surface area contributed by atoms with Gasteiger partial charge >= 0.3 is 0 Å². The van der Waals surface area contributed by atoms with Gasteiger partial charge in [0.2, 0.25) is 0 Å². The lowest BCUT2D eigenvalue weighted by Gasteiger charge is -2.28. The minimum absolute atomic E-state index is 0.103. The molecule has 0 radical (unpaired) electrons. The molecule has 0 aliphatic rings. The van der Waals surface area contributed by atoms with Gasteiger partial charge in [0.1, 0.15) is 0 Å². The zero-order valence-electron chi connectivity index (χ0n) is 11.1. The summed E-state index contributed by atoms with van der Waals surface area (Å²) in [5, 5.41) is 3.57. The summed E-state index contributed by atoms with van der Waals surface area (Å²) in [6.07, 6.45) is -0.103. The Kier molecular flexibility index (Phi) is 6.28. The van der Waals surface area contributed by atoms with Crippen LogP contribution < -0.4 is 0 Å². The van der Waals surface area contributed by atoms with Crippen LogP contribution in [0.4, 0.5) is 0 Å². The summed E-state index contributed by atoms with van der Waals surface area (Å²) < 4.78 is 11.7. The monoisotopic (exact) mass is 261 g/mol. The summed E-state index contributed by atoms with van der Waals surface area (Å²) >= 11 is 0. The Balaban J connectivity index is 4.26. The Morgan fingerprint density at radius 3 is 2.06 bits per heavy atom. The molecule has 1 unspecified atom stereocenters. The van der Waals surface area contributed by atoms with E-state index in [0.717, 1.165) is 0 Å². The van der Waals surface area contributed by atoms with Crippen molar-refractivity contribution in [2.75, 3.05) is 13.2 Å². The van der Waals surface area contributed by atoms with Gasteiger partial charge in [0.05, 0.1) is 19.3 Å². The molecule has 0 rings (SSSR count). The van der Waals surface area contributed by atoms with E-state index in [1.807, 2.05) is 0 Å². The molecule has 0 bridgehead atoms. The van der Waals surface area contributed by atoms with Gasteiger partial charge in [-0.05, 0) is 44.8 Å². The largest absolute Gasteiger partial charge is 0.415 e. The first kappa shape index (κ1) is 15.7. The van der Waals surface area contributed by atoms with Crippen LogP contribution in [0.3, 0.4) is 0 Å². The second kappa shape index (κ2) is 6.41. The van der Waals surface area contributed by atoms with Gasteiger partial charge in [-0.2, -0.15) is 0 Å². The van der Waals surface area contributed by atoms with Crippen LogP contribution in [0.2, 0.25) is 39.3 Å². The summed E-state index contributed by atoms with van der Waals surface area (Å²) in [7, 11) is -3.15. The van der Waals surface area contributed by atoms with Crippen molar-refractivity contribution < 1.29 is 8.85 Å². The summed E-state index contributed by atoms with van der Waals surface area (Å²) in [5.74, 6) is 0. The van der Waals surface area contributed by atoms with Crippen molar-refractivity contribution in [3.05, 3.63) is 10.4 Å². The fourth-order valence-corrected chi connectivity index (χ4v) is 2.92. The van der Waals surface area contributed by atoms with Gasteiger partial charge in [0.25, 0.3) is 0 Å². The van der Waals surface area contributed by atoms with Gasteiger partial charge in [0.15, 0.2) is 16.6 Å². The molecule has 0 heterocycles. The molecule has 0 spiro atoms. The van der Waals surface area contributed by atoms with E-state index in [4.69, 9.17) is 14.4 Å². The highest BCUT2D eigenvalue weighted by Gasteiger charge is 2.23. The molecule has 1 atom stereocenters. The van der Waals surface area contributed by atoms with Gasteiger partial charge in [-0.25, -0.2) is 0 Å². The van der Waals surface area contributed by atoms with Crippen molar-refractivity contribution in [2.24, 2.45) is 5.11 Å². The summed E-state index contributed by atoms with van der Waals surface area (Å²) in [6, 6.07) is 0. The number of rotatable bonds is 7. The van der Waals surface area contributed by atoms with E-state index >= 15 is 0 Å². The van der Waals surface area contributed by atoms with Crippen LogP contribution in [-0.4, -0.2) is 35.9 Å². The smallest absolute Gasteiger partial charge is 0.184 e. The van der Waals surface area contributed by atoms with E-state index < -0.39 is 16.6 Å². The first-order valence-corrected chi connectivity index (χ1v) is 12.3. The Morgan fingerprint density at radius 2 is 1.69 bits per heavy atom. The quantitative estimate of drug-likeness (QED) is 0.305. The lowest BCUT2D eigenvalue weighted by molar-refractivity contribution is 0.125. The predicted molar refractivity (Wildman–Crippen MR) is 71.5 cm³/mol. The average molecular weight is 261 g/mol. The highest BCUT2D eigenvalue weighted by atomic mass is 28.4. The first-order chi connectivity index (χ1) is 7.14. The third-order valence-corrected chi connectivity index (χ3v) is 3.64. The minimum Gasteiger partial charge on any atom is -0.415 e. The Hall–Kier alpha value is -0.336. The normalized spacial score (nSPS) is 14.4. The SMILES string of the molecule is C[Si](C)(C)OCC(CN=[N+]=[N-])O[Si](C)(C)C. The molecule has 94 valence electrons. The maximum atomic E-state index is 8.32. The van der Waals surface area contributed by atoms with Crippen LogP contribution in [-0.2, 0) is 8.85 Å². The Labute approximate surface area is 100 Å². The third kappa shape index (κ3) is 10.2. The molecule has 0 saturated carbocycles. The Morgan fingerprint density at radius 1 is 1.12 bits per heavy atom. The maximum absolute atomic E-state index is 8.32. The zero-order valence-corrected chi connectivity index (χ0v) is 13.1. The van der Waals surface area contributed by atoms with Gasteiger partial charge in [-0.3, -0.25) is 0 Å². The molecule has 0 aromatic rings. The topological polar surface area (TPSA) is 67.2 Å². The van der Waals surface area contributed by atoms with Crippen LogP contribution in [0, 0.1) is 0 Å². The first-order valence-electron chi connectivity index (χ1n) is 5.47. The van der Waals surface area contributed by atoms with E-state index in [1.165, 1.54) is 0 Å². The molecule has 0 saturated heterocycles. The van der Waals surface area contributed by atoms with Gasteiger partial charge < -0.3 is 8.85 Å². The van der Waals surface area contributed by atoms with Crippen LogP contribution >= 0.6 is 0 Å². The predicted octanol–water partition coefficient (Wildman–Crippen LogP) is 3.37. The summed E-state index contributed by atoms with van der Waals surface area (Å²) in [6.45, 7) is 13.6. The fourth-order valence-electron chi connectivity index (χ4n) is 1.09. The average Bonchev–Trinajstić information content (AvgIpc) is 2.06. The highest BCUT2D eigenvalue weighted by molar-refractivity contribution is 6.70. The lowest BCUT2D eigenvalue weighted by atomic mass is 10.4. The van der Waals surface area contributed by atoms with E-state index in [-0.39, 0.29) is 6.10 Å². The van der Waals surface area contributed by atoms with Crippen molar-refractivity contribution in [1.29, 1.82) is 0 Å². The van der Waals surface area contributed by atoms with E-state index in [2.05, 4.69) is 49.3 Å². The molecule has 5 nitrogen and oxygen atoms in total. The molecule has 0 N–H and O–H groups in total. The van der Waals surface area contributed by atoms with Crippen LogP contribution in [0.5, 0.6) is 0 Å². The lowest BCUT2D eigenvalue weighted by Crippen LogP contribution is -2.39. The summed E-state index contributed by atoms with van der Waals surface area (Å²) in [4.78, 5) is 2.77. The number of nitrogens with zero attached hydrogens (tertiary/aromatic N) is 3. The second-order valence-corrected chi connectivity index (χ2v) is 14.7. The van der Waals surface area contributed by atoms with Gasteiger partial charge in [0, 0.05) is 4.91 Å². The highest BCUT2D eigenvalue weighted by Crippen LogP contribution is 2.11. The molecular weight excluding hydrogens is 238 g/mol. The van der Waals surface area contributed by atoms with Crippen LogP contribution in [0.1, 0.15) is 0 Å². The molecule has 0 aliphatic carbocycles. The molecule has 0 amide bonds. The molecule has 7 heteroatoms. The molecule has 0 aromatic carbocycles. The van der Waals surface area contributed by atoms with Crippen molar-refractivity contribution in [3.63, 3.8) is 0 Å². The van der Waals surface area contributed by atoms with E-state index in [0.29, 0.717) is 13.2 Å².